The molecule has 0 saturated carbocycles. The van der Waals surface area contributed by atoms with Gasteiger partial charge in [0.25, 0.3) is 5.91 Å². The molecule has 1 aromatic carbocycles. The van der Waals surface area contributed by atoms with Crippen LogP contribution in [-0.2, 0) is 16.6 Å². The SMILES string of the molecule is Cc1ccc2nc(C)c(C(=O)NCc3ccc(S(N)(=O)=O)cc3)n2c1. The predicted octanol–water partition coefficient (Wildman–Crippen LogP) is 1.53. The highest BCUT2D eigenvalue weighted by Gasteiger charge is 2.16. The molecule has 2 heterocycles. The van der Waals surface area contributed by atoms with Gasteiger partial charge in [-0.15, -0.1) is 0 Å². The molecule has 0 bridgehead atoms. The number of amides is 1. The summed E-state index contributed by atoms with van der Waals surface area (Å²) < 4.78 is 24.3. The number of sulfonamides is 1. The molecule has 0 radical (unpaired) electrons. The molecule has 2 aromatic heterocycles. The van der Waals surface area contributed by atoms with E-state index in [-0.39, 0.29) is 17.3 Å². The number of carbonyl (C=O) groups excluding carboxylic acids is 1. The van der Waals surface area contributed by atoms with Crippen LogP contribution in [0.15, 0.2) is 47.5 Å². The molecule has 0 fully saturated rings. The van der Waals surface area contributed by atoms with Gasteiger partial charge in [-0.1, -0.05) is 18.2 Å². The van der Waals surface area contributed by atoms with Gasteiger partial charge in [0.2, 0.25) is 10.0 Å². The molecule has 8 heteroatoms. The molecule has 25 heavy (non-hydrogen) atoms. The standard InChI is InChI=1S/C17H18N4O3S/c1-11-3-8-15-20-12(2)16(21(15)10-11)17(22)19-9-13-4-6-14(7-5-13)25(18,23)24/h3-8,10H,9H2,1-2H3,(H,19,22)(H2,18,23,24). The number of benzene rings is 1. The topological polar surface area (TPSA) is 107 Å². The van der Waals surface area contributed by atoms with E-state index < -0.39 is 10.0 Å². The fourth-order valence-corrected chi connectivity index (χ4v) is 3.12. The second-order valence-electron chi connectivity index (χ2n) is 5.85. The Hall–Kier alpha value is -2.71. The summed E-state index contributed by atoms with van der Waals surface area (Å²) in [4.78, 5) is 17.0. The lowest BCUT2D eigenvalue weighted by Crippen LogP contribution is -2.25. The molecule has 0 aliphatic rings. The van der Waals surface area contributed by atoms with Crippen LogP contribution >= 0.6 is 0 Å². The lowest BCUT2D eigenvalue weighted by atomic mass is 10.2. The van der Waals surface area contributed by atoms with Crippen molar-refractivity contribution in [2.24, 2.45) is 5.14 Å². The highest BCUT2D eigenvalue weighted by Crippen LogP contribution is 2.14. The average molecular weight is 358 g/mol. The molecule has 3 aromatic rings. The van der Waals surface area contributed by atoms with E-state index in [1.165, 1.54) is 12.1 Å². The van der Waals surface area contributed by atoms with Gasteiger partial charge in [0.15, 0.2) is 0 Å². The fraction of sp³-hybridized carbons (Fsp3) is 0.176. The zero-order valence-electron chi connectivity index (χ0n) is 13.9. The number of fused-ring (bicyclic) bond motifs is 1. The van der Waals surface area contributed by atoms with Crippen molar-refractivity contribution in [3.05, 3.63) is 65.1 Å². The third kappa shape index (κ3) is 3.54. The largest absolute Gasteiger partial charge is 0.347 e. The zero-order chi connectivity index (χ0) is 18.2. The van der Waals surface area contributed by atoms with Crippen molar-refractivity contribution in [1.29, 1.82) is 0 Å². The molecular formula is C17H18N4O3S. The molecule has 0 aliphatic carbocycles. The lowest BCUT2D eigenvalue weighted by molar-refractivity contribution is 0.0944. The van der Waals surface area contributed by atoms with E-state index in [1.807, 2.05) is 25.3 Å². The minimum Gasteiger partial charge on any atom is -0.347 e. The van der Waals surface area contributed by atoms with E-state index in [0.717, 1.165) is 11.1 Å². The second-order valence-corrected chi connectivity index (χ2v) is 7.41. The summed E-state index contributed by atoms with van der Waals surface area (Å²) in [5.41, 5.74) is 3.64. The Morgan fingerprint density at radius 2 is 1.84 bits per heavy atom. The number of aromatic nitrogens is 2. The summed E-state index contributed by atoms with van der Waals surface area (Å²) in [5.74, 6) is -0.244. The number of primary sulfonamides is 1. The van der Waals surface area contributed by atoms with Gasteiger partial charge in [0.1, 0.15) is 11.3 Å². The molecule has 0 atom stereocenters. The van der Waals surface area contributed by atoms with E-state index in [2.05, 4.69) is 10.3 Å². The van der Waals surface area contributed by atoms with Gasteiger partial charge in [-0.25, -0.2) is 18.5 Å². The number of aryl methyl sites for hydroxylation is 2. The first kappa shape index (κ1) is 17.1. The molecule has 7 nitrogen and oxygen atoms in total. The van der Waals surface area contributed by atoms with Gasteiger partial charge in [-0.2, -0.15) is 0 Å². The first-order valence-electron chi connectivity index (χ1n) is 7.61. The van der Waals surface area contributed by atoms with Crippen LogP contribution in [0, 0.1) is 13.8 Å². The van der Waals surface area contributed by atoms with Crippen molar-refractivity contribution < 1.29 is 13.2 Å². The normalized spacial score (nSPS) is 11.6. The van der Waals surface area contributed by atoms with E-state index in [4.69, 9.17) is 5.14 Å². The van der Waals surface area contributed by atoms with Crippen LogP contribution < -0.4 is 10.5 Å². The number of nitrogens with two attached hydrogens (primary N) is 1. The van der Waals surface area contributed by atoms with Crippen LogP contribution in [0.4, 0.5) is 0 Å². The van der Waals surface area contributed by atoms with Crippen LogP contribution in [0.5, 0.6) is 0 Å². The Labute approximate surface area is 145 Å². The summed E-state index contributed by atoms with van der Waals surface area (Å²) >= 11 is 0. The molecule has 1 amide bonds. The lowest BCUT2D eigenvalue weighted by Gasteiger charge is -2.07. The Balaban J connectivity index is 1.79. The molecule has 0 spiro atoms. The number of hydrogen-bond donors (Lipinski definition) is 2. The minimum absolute atomic E-state index is 0.0377. The van der Waals surface area contributed by atoms with E-state index >= 15 is 0 Å². The third-order valence-electron chi connectivity index (χ3n) is 3.86. The van der Waals surface area contributed by atoms with Crippen LogP contribution in [-0.4, -0.2) is 23.7 Å². The minimum atomic E-state index is -3.72. The second kappa shape index (κ2) is 6.30. The summed E-state index contributed by atoms with van der Waals surface area (Å²) in [6, 6.07) is 9.87. The monoisotopic (exact) mass is 358 g/mol. The zero-order valence-corrected chi connectivity index (χ0v) is 14.7. The smallest absolute Gasteiger partial charge is 0.270 e. The Bertz CT molecular complexity index is 1050. The molecular weight excluding hydrogens is 340 g/mol. The number of nitrogens with zero attached hydrogens (tertiary/aromatic N) is 2. The number of carbonyl (C=O) groups is 1. The maximum atomic E-state index is 12.6. The molecule has 3 rings (SSSR count). The number of hydrogen-bond acceptors (Lipinski definition) is 4. The predicted molar refractivity (Wildman–Crippen MR) is 93.7 cm³/mol. The van der Waals surface area contributed by atoms with Crippen molar-refractivity contribution in [2.45, 2.75) is 25.3 Å². The average Bonchev–Trinajstić information content (AvgIpc) is 2.87. The van der Waals surface area contributed by atoms with Gasteiger partial charge in [-0.3, -0.25) is 9.20 Å². The highest BCUT2D eigenvalue weighted by atomic mass is 32.2. The van der Waals surface area contributed by atoms with Gasteiger partial charge >= 0.3 is 0 Å². The quantitative estimate of drug-likeness (QED) is 0.737. The molecule has 0 saturated heterocycles. The van der Waals surface area contributed by atoms with E-state index in [9.17, 15) is 13.2 Å². The van der Waals surface area contributed by atoms with Crippen LogP contribution in [0.25, 0.3) is 5.65 Å². The Morgan fingerprint density at radius 3 is 2.48 bits per heavy atom. The Kier molecular flexibility index (Phi) is 4.32. The Morgan fingerprint density at radius 1 is 1.16 bits per heavy atom. The number of rotatable bonds is 4. The van der Waals surface area contributed by atoms with Crippen LogP contribution in [0.2, 0.25) is 0 Å². The van der Waals surface area contributed by atoms with Gasteiger partial charge in [0.05, 0.1) is 10.6 Å². The van der Waals surface area contributed by atoms with E-state index in [1.54, 1.807) is 23.5 Å². The van der Waals surface area contributed by atoms with E-state index in [0.29, 0.717) is 17.0 Å². The van der Waals surface area contributed by atoms with Crippen molar-refractivity contribution in [3.63, 3.8) is 0 Å². The molecule has 0 aliphatic heterocycles. The third-order valence-corrected chi connectivity index (χ3v) is 4.79. The van der Waals surface area contributed by atoms with Gasteiger partial charge in [0, 0.05) is 12.7 Å². The van der Waals surface area contributed by atoms with Crippen LogP contribution in [0.3, 0.4) is 0 Å². The molecule has 130 valence electrons. The van der Waals surface area contributed by atoms with Crippen molar-refractivity contribution in [2.75, 3.05) is 0 Å². The summed E-state index contributed by atoms with van der Waals surface area (Å²) in [6.07, 6.45) is 1.87. The van der Waals surface area contributed by atoms with Gasteiger partial charge < -0.3 is 5.32 Å². The first-order chi connectivity index (χ1) is 11.8. The highest BCUT2D eigenvalue weighted by molar-refractivity contribution is 7.89. The fourth-order valence-electron chi connectivity index (χ4n) is 2.61. The number of pyridine rings is 1. The molecule has 0 unspecified atom stereocenters. The number of imidazole rings is 1. The van der Waals surface area contributed by atoms with Crippen molar-refractivity contribution >= 4 is 21.6 Å². The van der Waals surface area contributed by atoms with Crippen molar-refractivity contribution in [1.82, 2.24) is 14.7 Å². The summed E-state index contributed by atoms with van der Waals surface area (Å²) in [6.45, 7) is 4.00. The summed E-state index contributed by atoms with van der Waals surface area (Å²) in [7, 11) is -3.72. The maximum Gasteiger partial charge on any atom is 0.270 e. The van der Waals surface area contributed by atoms with Gasteiger partial charge in [-0.05, 0) is 43.2 Å². The number of nitrogens with one attached hydrogen (secondary N) is 1. The van der Waals surface area contributed by atoms with Crippen LogP contribution in [0.1, 0.15) is 27.3 Å². The first-order valence-corrected chi connectivity index (χ1v) is 9.15. The van der Waals surface area contributed by atoms with Crippen molar-refractivity contribution in [3.8, 4) is 0 Å². The maximum absolute atomic E-state index is 12.6. The summed E-state index contributed by atoms with van der Waals surface area (Å²) in [5, 5.41) is 7.90. The molecule has 3 N–H and O–H groups in total.